The van der Waals surface area contributed by atoms with E-state index in [1.54, 1.807) is 0 Å². The molecule has 3 nitrogen and oxygen atoms in total. The summed E-state index contributed by atoms with van der Waals surface area (Å²) in [6, 6.07) is 0. The highest BCUT2D eigenvalue weighted by molar-refractivity contribution is 4.91. The molecule has 2 aliphatic rings. The van der Waals surface area contributed by atoms with Crippen molar-refractivity contribution >= 4 is 0 Å². The lowest BCUT2D eigenvalue weighted by Crippen LogP contribution is -2.42. The highest BCUT2D eigenvalue weighted by Crippen LogP contribution is 2.46. The van der Waals surface area contributed by atoms with E-state index in [-0.39, 0.29) is 25.2 Å². The zero-order chi connectivity index (χ0) is 11.7. The maximum Gasteiger partial charge on any atom is 0.0593 e. The Morgan fingerprint density at radius 2 is 1.44 bits per heavy atom. The molecule has 0 spiro atoms. The summed E-state index contributed by atoms with van der Waals surface area (Å²) >= 11 is 0. The standard InChI is InChI=1S/C13H24O3/c1-8-2-9-4-12(7-15)13(16)5-10(9)3-11(8)6-14/h8-16H,2-7H2,1H3. The third kappa shape index (κ3) is 2.27. The molecule has 0 aromatic carbocycles. The van der Waals surface area contributed by atoms with Crippen LogP contribution in [0.1, 0.15) is 32.6 Å². The molecule has 0 bridgehead atoms. The lowest BCUT2D eigenvalue weighted by Gasteiger charge is -2.46. The minimum absolute atomic E-state index is 0.0825. The van der Waals surface area contributed by atoms with Crippen LogP contribution in [0, 0.1) is 29.6 Å². The smallest absolute Gasteiger partial charge is 0.0593 e. The zero-order valence-electron chi connectivity index (χ0n) is 10.0. The van der Waals surface area contributed by atoms with Crippen molar-refractivity contribution in [3.05, 3.63) is 0 Å². The monoisotopic (exact) mass is 228 g/mol. The number of aliphatic hydroxyl groups is 3. The molecule has 0 aromatic rings. The summed E-state index contributed by atoms with van der Waals surface area (Å²) in [6.07, 6.45) is 3.65. The van der Waals surface area contributed by atoms with Crippen LogP contribution in [0.4, 0.5) is 0 Å². The van der Waals surface area contributed by atoms with Crippen molar-refractivity contribution in [2.24, 2.45) is 29.6 Å². The topological polar surface area (TPSA) is 60.7 Å². The summed E-state index contributed by atoms with van der Waals surface area (Å²) in [7, 11) is 0. The maximum absolute atomic E-state index is 9.91. The van der Waals surface area contributed by atoms with E-state index in [4.69, 9.17) is 0 Å². The van der Waals surface area contributed by atoms with Crippen LogP contribution in [0.5, 0.6) is 0 Å². The van der Waals surface area contributed by atoms with Crippen molar-refractivity contribution in [1.29, 1.82) is 0 Å². The van der Waals surface area contributed by atoms with Crippen LogP contribution < -0.4 is 0 Å². The predicted molar refractivity (Wildman–Crippen MR) is 61.8 cm³/mol. The van der Waals surface area contributed by atoms with Crippen LogP contribution in [0.3, 0.4) is 0 Å². The fraction of sp³-hybridized carbons (Fsp3) is 1.00. The molecule has 2 rings (SSSR count). The molecular formula is C13H24O3. The van der Waals surface area contributed by atoms with Crippen molar-refractivity contribution in [1.82, 2.24) is 0 Å². The van der Waals surface area contributed by atoms with E-state index in [1.807, 2.05) is 0 Å². The minimum atomic E-state index is -0.334. The van der Waals surface area contributed by atoms with Gasteiger partial charge in [-0.05, 0) is 49.4 Å². The number of hydrogen-bond donors (Lipinski definition) is 3. The van der Waals surface area contributed by atoms with Crippen molar-refractivity contribution in [3.8, 4) is 0 Å². The van der Waals surface area contributed by atoms with Crippen molar-refractivity contribution in [2.45, 2.75) is 38.7 Å². The predicted octanol–water partition coefficient (Wildman–Crippen LogP) is 1.02. The number of aliphatic hydroxyl groups excluding tert-OH is 3. The van der Waals surface area contributed by atoms with E-state index in [1.165, 1.54) is 0 Å². The molecule has 3 N–H and O–H groups in total. The van der Waals surface area contributed by atoms with Crippen LogP contribution >= 0.6 is 0 Å². The molecular weight excluding hydrogens is 204 g/mol. The average Bonchev–Trinajstić information content (AvgIpc) is 2.28. The summed E-state index contributed by atoms with van der Waals surface area (Å²) in [4.78, 5) is 0. The molecule has 2 aliphatic carbocycles. The summed E-state index contributed by atoms with van der Waals surface area (Å²) in [6.45, 7) is 2.61. The molecule has 2 saturated carbocycles. The molecule has 0 heterocycles. The lowest BCUT2D eigenvalue weighted by atomic mass is 9.61. The Balaban J connectivity index is 2.00. The van der Waals surface area contributed by atoms with Gasteiger partial charge in [-0.1, -0.05) is 6.92 Å². The molecule has 0 aromatic heterocycles. The normalized spacial score (nSPS) is 48.8. The maximum atomic E-state index is 9.91. The van der Waals surface area contributed by atoms with Gasteiger partial charge in [-0.3, -0.25) is 0 Å². The Bertz CT molecular complexity index is 207. The minimum Gasteiger partial charge on any atom is -0.396 e. The Hall–Kier alpha value is -0.120. The first-order valence-electron chi connectivity index (χ1n) is 6.55. The first kappa shape index (κ1) is 12.3. The fourth-order valence-corrected chi connectivity index (χ4v) is 3.75. The number of fused-ring (bicyclic) bond motifs is 1. The summed E-state index contributed by atoms with van der Waals surface area (Å²) in [5.41, 5.74) is 0. The van der Waals surface area contributed by atoms with Gasteiger partial charge in [-0.15, -0.1) is 0 Å². The van der Waals surface area contributed by atoms with Gasteiger partial charge in [0.1, 0.15) is 0 Å². The van der Waals surface area contributed by atoms with Gasteiger partial charge in [0, 0.05) is 19.1 Å². The molecule has 2 fully saturated rings. The largest absolute Gasteiger partial charge is 0.396 e. The van der Waals surface area contributed by atoms with Gasteiger partial charge >= 0.3 is 0 Å². The molecule has 0 radical (unpaired) electrons. The number of rotatable bonds is 2. The third-order valence-electron chi connectivity index (χ3n) is 4.91. The second-order valence-corrected chi connectivity index (χ2v) is 5.89. The fourth-order valence-electron chi connectivity index (χ4n) is 3.75. The van der Waals surface area contributed by atoms with Crippen LogP contribution in [0.2, 0.25) is 0 Å². The Kier molecular flexibility index (Phi) is 3.88. The van der Waals surface area contributed by atoms with Crippen LogP contribution in [0.25, 0.3) is 0 Å². The third-order valence-corrected chi connectivity index (χ3v) is 4.91. The van der Waals surface area contributed by atoms with Gasteiger partial charge < -0.3 is 15.3 Å². The van der Waals surface area contributed by atoms with Gasteiger partial charge in [0.05, 0.1) is 6.10 Å². The zero-order valence-corrected chi connectivity index (χ0v) is 10.0. The summed E-state index contributed by atoms with van der Waals surface area (Å²) in [5.74, 6) is 2.29. The SMILES string of the molecule is CC1CC2CC(CO)C(O)CC2CC1CO. The van der Waals surface area contributed by atoms with Crippen molar-refractivity contribution in [3.63, 3.8) is 0 Å². The first-order valence-corrected chi connectivity index (χ1v) is 6.55. The molecule has 0 saturated heterocycles. The molecule has 3 heteroatoms. The molecule has 0 aliphatic heterocycles. The van der Waals surface area contributed by atoms with Crippen molar-refractivity contribution in [2.75, 3.05) is 13.2 Å². The Labute approximate surface area is 97.5 Å². The highest BCUT2D eigenvalue weighted by Gasteiger charge is 2.41. The second-order valence-electron chi connectivity index (χ2n) is 5.89. The van der Waals surface area contributed by atoms with E-state index >= 15 is 0 Å². The van der Waals surface area contributed by atoms with Crippen LogP contribution in [-0.4, -0.2) is 34.6 Å². The van der Waals surface area contributed by atoms with Gasteiger partial charge in [0.25, 0.3) is 0 Å². The van der Waals surface area contributed by atoms with Crippen LogP contribution in [0.15, 0.2) is 0 Å². The second kappa shape index (κ2) is 5.03. The molecule has 6 unspecified atom stereocenters. The van der Waals surface area contributed by atoms with E-state index in [2.05, 4.69) is 6.92 Å². The number of hydrogen-bond acceptors (Lipinski definition) is 3. The highest BCUT2D eigenvalue weighted by atomic mass is 16.3. The summed E-state index contributed by atoms with van der Waals surface area (Å²) in [5, 5.41) is 28.4. The molecule has 0 amide bonds. The van der Waals surface area contributed by atoms with Crippen molar-refractivity contribution < 1.29 is 15.3 Å². The van der Waals surface area contributed by atoms with Gasteiger partial charge in [0.2, 0.25) is 0 Å². The first-order chi connectivity index (χ1) is 7.65. The van der Waals surface area contributed by atoms with Gasteiger partial charge in [0.15, 0.2) is 0 Å². The van der Waals surface area contributed by atoms with E-state index < -0.39 is 0 Å². The van der Waals surface area contributed by atoms with Gasteiger partial charge in [-0.2, -0.15) is 0 Å². The van der Waals surface area contributed by atoms with Gasteiger partial charge in [-0.25, -0.2) is 0 Å². The Morgan fingerprint density at radius 3 is 2.06 bits per heavy atom. The van der Waals surface area contributed by atoms with Crippen LogP contribution in [-0.2, 0) is 0 Å². The Morgan fingerprint density at radius 1 is 0.875 bits per heavy atom. The average molecular weight is 228 g/mol. The van der Waals surface area contributed by atoms with E-state index in [0.717, 1.165) is 25.7 Å². The van der Waals surface area contributed by atoms with E-state index in [9.17, 15) is 15.3 Å². The van der Waals surface area contributed by atoms with E-state index in [0.29, 0.717) is 23.7 Å². The quantitative estimate of drug-likeness (QED) is 0.661. The molecule has 16 heavy (non-hydrogen) atoms. The molecule has 6 atom stereocenters. The molecule has 94 valence electrons. The lowest BCUT2D eigenvalue weighted by molar-refractivity contribution is -0.0462. The summed E-state index contributed by atoms with van der Waals surface area (Å²) < 4.78 is 0.